The summed E-state index contributed by atoms with van der Waals surface area (Å²) in [5.41, 5.74) is 0.988. The standard InChI is InChI=1S/C15H21BrN2O/c1-17-11-15(8-5-9-15)14(19)18(2)10-12-6-3-4-7-13(12)16/h3-4,6-7,17H,5,8-11H2,1-2H3. The van der Waals surface area contributed by atoms with E-state index in [0.29, 0.717) is 6.54 Å². The van der Waals surface area contributed by atoms with E-state index >= 15 is 0 Å². The van der Waals surface area contributed by atoms with Crippen molar-refractivity contribution < 1.29 is 4.79 Å². The molecule has 0 atom stereocenters. The number of hydrogen-bond acceptors (Lipinski definition) is 2. The molecule has 3 nitrogen and oxygen atoms in total. The van der Waals surface area contributed by atoms with Gasteiger partial charge in [-0.25, -0.2) is 0 Å². The minimum absolute atomic E-state index is 0.162. The van der Waals surface area contributed by atoms with Crippen LogP contribution in [0.2, 0.25) is 0 Å². The number of nitrogens with zero attached hydrogens (tertiary/aromatic N) is 1. The van der Waals surface area contributed by atoms with Crippen molar-refractivity contribution in [3.63, 3.8) is 0 Å². The third-order valence-corrected chi connectivity index (χ3v) is 4.77. The van der Waals surface area contributed by atoms with Crippen LogP contribution in [0.3, 0.4) is 0 Å². The summed E-state index contributed by atoms with van der Waals surface area (Å²) < 4.78 is 1.06. The number of rotatable bonds is 5. The molecule has 1 amide bonds. The monoisotopic (exact) mass is 324 g/mol. The molecule has 0 bridgehead atoms. The van der Waals surface area contributed by atoms with E-state index in [0.717, 1.165) is 35.8 Å². The summed E-state index contributed by atoms with van der Waals surface area (Å²) in [6.45, 7) is 1.44. The first-order valence-corrected chi connectivity index (χ1v) is 7.52. The second kappa shape index (κ2) is 6.06. The zero-order valence-electron chi connectivity index (χ0n) is 11.6. The van der Waals surface area contributed by atoms with Crippen LogP contribution in [-0.2, 0) is 11.3 Å². The molecule has 2 rings (SSSR count). The van der Waals surface area contributed by atoms with Gasteiger partial charge in [0, 0.05) is 24.6 Å². The first-order chi connectivity index (χ1) is 9.09. The van der Waals surface area contributed by atoms with Crippen LogP contribution < -0.4 is 5.32 Å². The molecule has 1 saturated carbocycles. The zero-order chi connectivity index (χ0) is 13.9. The van der Waals surface area contributed by atoms with Crippen LogP contribution in [0, 0.1) is 5.41 Å². The van der Waals surface area contributed by atoms with Crippen molar-refractivity contribution in [1.82, 2.24) is 10.2 Å². The van der Waals surface area contributed by atoms with Gasteiger partial charge in [-0.05, 0) is 31.5 Å². The van der Waals surface area contributed by atoms with Crippen molar-refractivity contribution in [1.29, 1.82) is 0 Å². The van der Waals surface area contributed by atoms with Crippen molar-refractivity contribution in [2.45, 2.75) is 25.8 Å². The van der Waals surface area contributed by atoms with E-state index in [4.69, 9.17) is 0 Å². The Morgan fingerprint density at radius 1 is 1.42 bits per heavy atom. The lowest BCUT2D eigenvalue weighted by Gasteiger charge is -2.42. The average molecular weight is 325 g/mol. The quantitative estimate of drug-likeness (QED) is 0.903. The van der Waals surface area contributed by atoms with Gasteiger partial charge in [0.15, 0.2) is 0 Å². The minimum atomic E-state index is -0.162. The molecular weight excluding hydrogens is 304 g/mol. The van der Waals surface area contributed by atoms with Crippen molar-refractivity contribution >= 4 is 21.8 Å². The Hall–Kier alpha value is -0.870. The second-order valence-electron chi connectivity index (χ2n) is 5.42. The van der Waals surface area contributed by atoms with Crippen molar-refractivity contribution in [2.75, 3.05) is 20.6 Å². The maximum atomic E-state index is 12.6. The Bertz CT molecular complexity index is 457. The van der Waals surface area contributed by atoms with Crippen LogP contribution in [0.4, 0.5) is 0 Å². The first kappa shape index (κ1) is 14.5. The van der Waals surface area contributed by atoms with Gasteiger partial charge in [-0.1, -0.05) is 40.5 Å². The average Bonchev–Trinajstić information content (AvgIpc) is 2.35. The SMILES string of the molecule is CNCC1(C(=O)N(C)Cc2ccccc2Br)CCC1. The Morgan fingerprint density at radius 3 is 2.63 bits per heavy atom. The maximum absolute atomic E-state index is 12.6. The number of carbonyl (C=O) groups is 1. The largest absolute Gasteiger partial charge is 0.341 e. The molecule has 0 unspecified atom stereocenters. The summed E-state index contributed by atoms with van der Waals surface area (Å²) in [6, 6.07) is 8.06. The van der Waals surface area contributed by atoms with Gasteiger partial charge in [0.2, 0.25) is 5.91 Å². The molecule has 4 heteroatoms. The van der Waals surface area contributed by atoms with Crippen molar-refractivity contribution in [2.24, 2.45) is 5.41 Å². The second-order valence-corrected chi connectivity index (χ2v) is 6.27. The molecule has 0 radical (unpaired) electrons. The number of hydrogen-bond donors (Lipinski definition) is 1. The maximum Gasteiger partial charge on any atom is 0.230 e. The van der Waals surface area contributed by atoms with Crippen LogP contribution in [-0.4, -0.2) is 31.4 Å². The molecule has 1 aromatic rings. The fourth-order valence-corrected chi connectivity index (χ4v) is 3.18. The van der Waals surface area contributed by atoms with Crippen LogP contribution in [0.25, 0.3) is 0 Å². The van der Waals surface area contributed by atoms with Crippen molar-refractivity contribution in [3.8, 4) is 0 Å². The normalized spacial score (nSPS) is 16.8. The molecular formula is C15H21BrN2O. The molecule has 0 spiro atoms. The van der Waals surface area contributed by atoms with E-state index in [9.17, 15) is 4.79 Å². The Kier molecular flexibility index (Phi) is 4.63. The smallest absolute Gasteiger partial charge is 0.230 e. The lowest BCUT2D eigenvalue weighted by molar-refractivity contribution is -0.146. The van der Waals surface area contributed by atoms with Gasteiger partial charge in [-0.15, -0.1) is 0 Å². The van der Waals surface area contributed by atoms with E-state index < -0.39 is 0 Å². The highest BCUT2D eigenvalue weighted by molar-refractivity contribution is 9.10. The first-order valence-electron chi connectivity index (χ1n) is 6.73. The van der Waals surface area contributed by atoms with Crippen LogP contribution in [0.15, 0.2) is 28.7 Å². The summed E-state index contributed by atoms with van der Waals surface area (Å²) >= 11 is 3.54. The van der Waals surface area contributed by atoms with Gasteiger partial charge in [-0.2, -0.15) is 0 Å². The topological polar surface area (TPSA) is 32.3 Å². The highest BCUT2D eigenvalue weighted by Gasteiger charge is 2.44. The Balaban J connectivity index is 2.05. The van der Waals surface area contributed by atoms with Gasteiger partial charge < -0.3 is 10.2 Å². The van der Waals surface area contributed by atoms with Crippen LogP contribution in [0.5, 0.6) is 0 Å². The molecule has 0 aliphatic heterocycles. The molecule has 0 saturated heterocycles. The van der Waals surface area contributed by atoms with E-state index in [1.807, 2.05) is 37.2 Å². The molecule has 1 N–H and O–H groups in total. The lowest BCUT2D eigenvalue weighted by atomic mass is 9.67. The van der Waals surface area contributed by atoms with E-state index in [2.05, 4.69) is 27.3 Å². The summed E-state index contributed by atoms with van der Waals surface area (Å²) in [7, 11) is 3.82. The molecule has 104 valence electrons. The molecule has 1 aromatic carbocycles. The van der Waals surface area contributed by atoms with Crippen LogP contribution >= 0.6 is 15.9 Å². The van der Waals surface area contributed by atoms with Gasteiger partial charge in [0.25, 0.3) is 0 Å². The van der Waals surface area contributed by atoms with Crippen molar-refractivity contribution in [3.05, 3.63) is 34.3 Å². The third-order valence-electron chi connectivity index (χ3n) is 3.99. The Morgan fingerprint density at radius 2 is 2.11 bits per heavy atom. The predicted octanol–water partition coefficient (Wildman–Crippen LogP) is 2.80. The minimum Gasteiger partial charge on any atom is -0.341 e. The fourth-order valence-electron chi connectivity index (χ4n) is 2.77. The molecule has 1 aliphatic carbocycles. The molecule has 0 heterocycles. The van der Waals surface area contributed by atoms with Gasteiger partial charge in [-0.3, -0.25) is 4.79 Å². The predicted molar refractivity (Wildman–Crippen MR) is 80.8 cm³/mol. The Labute approximate surface area is 123 Å². The fraction of sp³-hybridized carbons (Fsp3) is 0.533. The highest BCUT2D eigenvalue weighted by Crippen LogP contribution is 2.42. The molecule has 1 aliphatic rings. The van der Waals surface area contributed by atoms with E-state index in [-0.39, 0.29) is 11.3 Å². The molecule has 1 fully saturated rings. The number of halogens is 1. The summed E-state index contributed by atoms with van der Waals surface area (Å²) in [6.07, 6.45) is 3.18. The number of nitrogens with one attached hydrogen (secondary N) is 1. The van der Waals surface area contributed by atoms with Gasteiger partial charge in [0.05, 0.1) is 5.41 Å². The van der Waals surface area contributed by atoms with Crippen LogP contribution in [0.1, 0.15) is 24.8 Å². The summed E-state index contributed by atoms with van der Waals surface area (Å²) in [4.78, 5) is 14.5. The molecule has 0 aromatic heterocycles. The number of benzene rings is 1. The highest BCUT2D eigenvalue weighted by atomic mass is 79.9. The van der Waals surface area contributed by atoms with E-state index in [1.54, 1.807) is 0 Å². The van der Waals surface area contributed by atoms with Gasteiger partial charge >= 0.3 is 0 Å². The molecule has 19 heavy (non-hydrogen) atoms. The van der Waals surface area contributed by atoms with Gasteiger partial charge in [0.1, 0.15) is 0 Å². The summed E-state index contributed by atoms with van der Waals surface area (Å²) in [5, 5.41) is 3.16. The number of amides is 1. The summed E-state index contributed by atoms with van der Waals surface area (Å²) in [5.74, 6) is 0.267. The third kappa shape index (κ3) is 3.00. The van der Waals surface area contributed by atoms with E-state index in [1.165, 1.54) is 0 Å². The number of carbonyl (C=O) groups excluding carboxylic acids is 1. The zero-order valence-corrected chi connectivity index (χ0v) is 13.2. The lowest BCUT2D eigenvalue weighted by Crippen LogP contribution is -2.51.